The smallest absolute Gasteiger partial charge is 0.362 e. The summed E-state index contributed by atoms with van der Waals surface area (Å²) in [7, 11) is 0. The Morgan fingerprint density at radius 2 is 1.81 bits per heavy atom. The van der Waals surface area contributed by atoms with Crippen molar-refractivity contribution in [2.45, 2.75) is 19.5 Å². The first-order valence-electron chi connectivity index (χ1n) is 7.40. The molecule has 0 aliphatic carbocycles. The minimum absolute atomic E-state index is 0.0297. The molecule has 0 heterocycles. The number of carbonyl (C=O) groups is 2. The Hall–Kier alpha value is -2.30. The van der Waals surface area contributed by atoms with Gasteiger partial charge < -0.3 is 15.0 Å². The van der Waals surface area contributed by atoms with E-state index >= 15 is 0 Å². The van der Waals surface area contributed by atoms with E-state index in [1.165, 1.54) is 0 Å². The largest absolute Gasteiger partial charge is 0.411 e. The first kappa shape index (κ1) is 21.7. The maximum absolute atomic E-state index is 13.5. The van der Waals surface area contributed by atoms with E-state index in [1.54, 1.807) is 6.92 Å². The average molecular weight is 386 g/mol. The quantitative estimate of drug-likeness (QED) is 0.552. The van der Waals surface area contributed by atoms with Gasteiger partial charge in [-0.1, -0.05) is 6.92 Å². The molecule has 0 aromatic heterocycles. The minimum Gasteiger partial charge on any atom is -0.362 e. The fourth-order valence-electron chi connectivity index (χ4n) is 1.89. The van der Waals surface area contributed by atoms with Crippen molar-refractivity contribution in [3.63, 3.8) is 0 Å². The molecule has 0 saturated carbocycles. The molecule has 1 aromatic rings. The molecule has 1 N–H and O–H groups in total. The van der Waals surface area contributed by atoms with Crippen LogP contribution in [-0.2, 0) is 14.3 Å². The van der Waals surface area contributed by atoms with Crippen LogP contribution in [0, 0.1) is 17.5 Å². The summed E-state index contributed by atoms with van der Waals surface area (Å²) in [6.07, 6.45) is -4.21. The van der Waals surface area contributed by atoms with E-state index in [9.17, 15) is 35.9 Å². The molecule has 146 valence electrons. The van der Waals surface area contributed by atoms with E-state index in [-0.39, 0.29) is 6.54 Å². The van der Waals surface area contributed by atoms with Crippen LogP contribution in [0.15, 0.2) is 12.1 Å². The second-order valence-electron chi connectivity index (χ2n) is 5.19. The zero-order valence-electron chi connectivity index (χ0n) is 13.6. The normalized spacial score (nSPS) is 11.3. The maximum atomic E-state index is 13.5. The molecule has 26 heavy (non-hydrogen) atoms. The lowest BCUT2D eigenvalue weighted by molar-refractivity contribution is -0.178. The van der Waals surface area contributed by atoms with Crippen LogP contribution in [-0.4, -0.2) is 49.2 Å². The molecule has 11 heteroatoms. The fourth-order valence-corrected chi connectivity index (χ4v) is 1.89. The van der Waals surface area contributed by atoms with Crippen molar-refractivity contribution in [2.24, 2.45) is 0 Å². The lowest BCUT2D eigenvalue weighted by Gasteiger charge is -2.22. The van der Waals surface area contributed by atoms with Crippen molar-refractivity contribution < 1.29 is 40.7 Å². The molecule has 2 amide bonds. The van der Waals surface area contributed by atoms with Gasteiger partial charge in [0.25, 0.3) is 0 Å². The monoisotopic (exact) mass is 386 g/mol. The van der Waals surface area contributed by atoms with Crippen LogP contribution in [0.4, 0.5) is 32.0 Å². The molecule has 0 bridgehead atoms. The number of amides is 2. The van der Waals surface area contributed by atoms with Crippen LogP contribution in [0.25, 0.3) is 0 Å². The van der Waals surface area contributed by atoms with Crippen LogP contribution >= 0.6 is 0 Å². The summed E-state index contributed by atoms with van der Waals surface area (Å²) in [6, 6.07) is 1.40. The molecule has 5 nitrogen and oxygen atoms in total. The van der Waals surface area contributed by atoms with E-state index in [2.05, 4.69) is 4.74 Å². The van der Waals surface area contributed by atoms with Crippen LogP contribution in [0.3, 0.4) is 0 Å². The van der Waals surface area contributed by atoms with Gasteiger partial charge in [-0.3, -0.25) is 9.59 Å². The van der Waals surface area contributed by atoms with E-state index in [0.29, 0.717) is 12.5 Å². The molecule has 0 unspecified atom stereocenters. The van der Waals surface area contributed by atoms with Crippen LogP contribution in [0.5, 0.6) is 0 Å². The molecule has 0 aliphatic heterocycles. The van der Waals surface area contributed by atoms with Gasteiger partial charge in [0, 0.05) is 6.54 Å². The summed E-state index contributed by atoms with van der Waals surface area (Å²) >= 11 is 0. The second kappa shape index (κ2) is 9.41. The number of hydrogen-bond acceptors (Lipinski definition) is 3. The molecule has 0 spiro atoms. The molecule has 0 fully saturated rings. The SMILES string of the molecule is CCCN(CC(=O)Nc1ccc(F)c(F)c1F)C(=O)COCC(F)(F)F. The topological polar surface area (TPSA) is 58.6 Å². The van der Waals surface area contributed by atoms with Crippen molar-refractivity contribution in [1.29, 1.82) is 0 Å². The number of rotatable bonds is 8. The van der Waals surface area contributed by atoms with Gasteiger partial charge in [0.15, 0.2) is 17.5 Å². The highest BCUT2D eigenvalue weighted by atomic mass is 19.4. The Kier molecular flexibility index (Phi) is 7.87. The number of alkyl halides is 3. The highest BCUT2D eigenvalue weighted by molar-refractivity contribution is 5.94. The summed E-state index contributed by atoms with van der Waals surface area (Å²) in [4.78, 5) is 24.6. The van der Waals surface area contributed by atoms with Crippen molar-refractivity contribution in [1.82, 2.24) is 4.90 Å². The van der Waals surface area contributed by atoms with E-state index in [1.807, 2.05) is 5.32 Å². The van der Waals surface area contributed by atoms with Gasteiger partial charge in [-0.25, -0.2) is 13.2 Å². The number of nitrogens with one attached hydrogen (secondary N) is 1. The fraction of sp³-hybridized carbons (Fsp3) is 0.467. The Morgan fingerprint density at radius 3 is 2.38 bits per heavy atom. The predicted octanol–water partition coefficient (Wildman–Crippen LogP) is 2.86. The second-order valence-corrected chi connectivity index (χ2v) is 5.19. The van der Waals surface area contributed by atoms with Gasteiger partial charge in [0.1, 0.15) is 13.2 Å². The Bertz CT molecular complexity index is 651. The number of anilines is 1. The zero-order valence-corrected chi connectivity index (χ0v) is 13.6. The van der Waals surface area contributed by atoms with Crippen molar-refractivity contribution >= 4 is 17.5 Å². The lowest BCUT2D eigenvalue weighted by Crippen LogP contribution is -2.41. The van der Waals surface area contributed by atoms with Crippen molar-refractivity contribution in [3.05, 3.63) is 29.6 Å². The molecule has 1 rings (SSSR count). The van der Waals surface area contributed by atoms with Crippen LogP contribution in [0.2, 0.25) is 0 Å². The first-order valence-corrected chi connectivity index (χ1v) is 7.40. The third kappa shape index (κ3) is 6.90. The highest BCUT2D eigenvalue weighted by Gasteiger charge is 2.28. The van der Waals surface area contributed by atoms with E-state index < -0.39 is 60.9 Å². The number of ether oxygens (including phenoxy) is 1. The number of hydrogen-bond donors (Lipinski definition) is 1. The van der Waals surface area contributed by atoms with Gasteiger partial charge in [0.05, 0.1) is 12.2 Å². The first-order chi connectivity index (χ1) is 12.0. The Labute approximate surface area is 144 Å². The van der Waals surface area contributed by atoms with E-state index in [0.717, 1.165) is 11.0 Å². The standard InChI is InChI=1S/C15H16F6N2O3/c1-2-5-23(12(25)7-26-8-15(19,20)21)6-11(24)22-10-4-3-9(16)13(17)14(10)18/h3-4H,2,5-8H2,1H3,(H,22,24). The van der Waals surface area contributed by atoms with Crippen LogP contribution < -0.4 is 5.32 Å². The molecule has 1 aromatic carbocycles. The number of halogens is 6. The van der Waals surface area contributed by atoms with Crippen LogP contribution in [0.1, 0.15) is 13.3 Å². The van der Waals surface area contributed by atoms with Gasteiger partial charge in [0.2, 0.25) is 11.8 Å². The lowest BCUT2D eigenvalue weighted by atomic mass is 10.2. The summed E-state index contributed by atoms with van der Waals surface area (Å²) in [5.74, 6) is -6.64. The van der Waals surface area contributed by atoms with Gasteiger partial charge in [-0.15, -0.1) is 0 Å². The van der Waals surface area contributed by atoms with Gasteiger partial charge in [-0.05, 0) is 18.6 Å². The summed E-state index contributed by atoms with van der Waals surface area (Å²) < 4.78 is 79.7. The van der Waals surface area contributed by atoms with E-state index in [4.69, 9.17) is 0 Å². The molecule has 0 saturated heterocycles. The summed E-state index contributed by atoms with van der Waals surface area (Å²) in [5, 5.41) is 1.97. The summed E-state index contributed by atoms with van der Waals surface area (Å²) in [6.45, 7) is -1.45. The predicted molar refractivity (Wildman–Crippen MR) is 78.7 cm³/mol. The molecular weight excluding hydrogens is 370 g/mol. The van der Waals surface area contributed by atoms with Gasteiger partial charge in [-0.2, -0.15) is 13.2 Å². The molecule has 0 atom stereocenters. The molecule has 0 aliphatic rings. The molecular formula is C15H16F6N2O3. The number of carbonyl (C=O) groups excluding carboxylic acids is 2. The third-order valence-electron chi connectivity index (χ3n) is 2.98. The minimum atomic E-state index is -4.60. The average Bonchev–Trinajstić information content (AvgIpc) is 2.53. The highest BCUT2D eigenvalue weighted by Crippen LogP contribution is 2.19. The maximum Gasteiger partial charge on any atom is 0.411 e. The third-order valence-corrected chi connectivity index (χ3v) is 2.98. The molecule has 0 radical (unpaired) electrons. The van der Waals surface area contributed by atoms with Gasteiger partial charge >= 0.3 is 6.18 Å². The Balaban J connectivity index is 2.67. The number of benzene rings is 1. The van der Waals surface area contributed by atoms with Crippen molar-refractivity contribution in [3.8, 4) is 0 Å². The number of nitrogens with zero attached hydrogens (tertiary/aromatic N) is 1. The zero-order chi connectivity index (χ0) is 19.9. The summed E-state index contributed by atoms with van der Waals surface area (Å²) in [5.41, 5.74) is -0.633. The van der Waals surface area contributed by atoms with Crippen molar-refractivity contribution in [2.75, 3.05) is 31.6 Å². The Morgan fingerprint density at radius 1 is 1.15 bits per heavy atom.